The zero-order valence-electron chi connectivity index (χ0n) is 13.8. The van der Waals surface area contributed by atoms with Crippen LogP contribution in [0.5, 0.6) is 0 Å². The van der Waals surface area contributed by atoms with E-state index < -0.39 is 5.97 Å². The lowest BCUT2D eigenvalue weighted by Gasteiger charge is -2.03. The van der Waals surface area contributed by atoms with Crippen molar-refractivity contribution >= 4 is 28.0 Å². The van der Waals surface area contributed by atoms with Crippen LogP contribution in [0.3, 0.4) is 0 Å². The van der Waals surface area contributed by atoms with E-state index in [1.807, 2.05) is 37.5 Å². The number of terminal acetylenes is 1. The van der Waals surface area contributed by atoms with E-state index in [4.69, 9.17) is 11.2 Å². The first kappa shape index (κ1) is 16.7. The summed E-state index contributed by atoms with van der Waals surface area (Å²) in [7, 11) is 1.82. The van der Waals surface area contributed by atoms with E-state index in [0.29, 0.717) is 10.0 Å². The average Bonchev–Trinajstić information content (AvgIpc) is 3.22. The molecule has 0 amide bonds. The van der Waals surface area contributed by atoms with Crippen LogP contribution in [0.1, 0.15) is 23.0 Å². The Morgan fingerprint density at radius 1 is 1.48 bits per heavy atom. The predicted octanol–water partition coefficient (Wildman–Crippen LogP) is 3.45. The molecule has 25 heavy (non-hydrogen) atoms. The van der Waals surface area contributed by atoms with Gasteiger partial charge in [-0.05, 0) is 19.1 Å². The zero-order valence-corrected chi connectivity index (χ0v) is 14.6. The zero-order chi connectivity index (χ0) is 17.8. The SMILES string of the molecule is C#Cc1cccc(-c2nc(C(=O)OCC)c(Nc3cnn(C)c3)s2)c1. The molecule has 0 aliphatic carbocycles. The Morgan fingerprint density at radius 2 is 2.32 bits per heavy atom. The molecule has 0 saturated carbocycles. The molecule has 1 N–H and O–H groups in total. The second kappa shape index (κ2) is 7.20. The van der Waals surface area contributed by atoms with Gasteiger partial charge in [0.25, 0.3) is 0 Å². The van der Waals surface area contributed by atoms with E-state index in [-0.39, 0.29) is 12.3 Å². The average molecular weight is 352 g/mol. The van der Waals surface area contributed by atoms with Crippen LogP contribution in [-0.2, 0) is 11.8 Å². The first-order valence-corrected chi connectivity index (χ1v) is 8.43. The van der Waals surface area contributed by atoms with Crippen LogP contribution in [-0.4, -0.2) is 27.3 Å². The number of nitrogens with zero attached hydrogens (tertiary/aromatic N) is 3. The van der Waals surface area contributed by atoms with Gasteiger partial charge in [-0.25, -0.2) is 9.78 Å². The topological polar surface area (TPSA) is 69.0 Å². The van der Waals surface area contributed by atoms with Crippen LogP contribution >= 0.6 is 11.3 Å². The number of anilines is 2. The highest BCUT2D eigenvalue weighted by atomic mass is 32.1. The first-order valence-electron chi connectivity index (χ1n) is 7.61. The number of aromatic nitrogens is 3. The molecule has 126 valence electrons. The highest BCUT2D eigenvalue weighted by molar-refractivity contribution is 7.19. The number of ether oxygens (including phenoxy) is 1. The van der Waals surface area contributed by atoms with Crippen molar-refractivity contribution in [3.05, 3.63) is 47.9 Å². The van der Waals surface area contributed by atoms with Crippen molar-refractivity contribution in [2.45, 2.75) is 6.92 Å². The molecule has 0 saturated heterocycles. The van der Waals surface area contributed by atoms with Crippen LogP contribution in [0.15, 0.2) is 36.7 Å². The molecule has 7 heteroatoms. The van der Waals surface area contributed by atoms with E-state index >= 15 is 0 Å². The van der Waals surface area contributed by atoms with Crippen molar-refractivity contribution in [1.29, 1.82) is 0 Å². The number of thiazole rings is 1. The number of carbonyl (C=O) groups excluding carboxylic acids is 1. The summed E-state index contributed by atoms with van der Waals surface area (Å²) < 4.78 is 6.79. The molecule has 1 aromatic carbocycles. The Hall–Kier alpha value is -3.11. The minimum absolute atomic E-state index is 0.247. The van der Waals surface area contributed by atoms with Crippen molar-refractivity contribution < 1.29 is 9.53 Å². The molecule has 0 spiro atoms. The van der Waals surface area contributed by atoms with Crippen molar-refractivity contribution in [3.63, 3.8) is 0 Å². The fourth-order valence-corrected chi connectivity index (χ4v) is 3.19. The summed E-state index contributed by atoms with van der Waals surface area (Å²) in [6, 6.07) is 7.48. The van der Waals surface area contributed by atoms with Gasteiger partial charge in [-0.15, -0.1) is 6.42 Å². The Labute approximate surface area is 149 Å². The normalized spacial score (nSPS) is 10.3. The molecular formula is C18H16N4O2S. The number of carbonyl (C=O) groups is 1. The number of esters is 1. The third-order valence-electron chi connectivity index (χ3n) is 3.33. The Kier molecular flexibility index (Phi) is 4.82. The maximum Gasteiger partial charge on any atom is 0.360 e. The number of rotatable bonds is 5. The van der Waals surface area contributed by atoms with E-state index in [1.165, 1.54) is 11.3 Å². The summed E-state index contributed by atoms with van der Waals surface area (Å²) in [4.78, 5) is 16.7. The monoisotopic (exact) mass is 352 g/mol. The number of hydrogen-bond donors (Lipinski definition) is 1. The predicted molar refractivity (Wildman–Crippen MR) is 97.9 cm³/mol. The Balaban J connectivity index is 2.01. The second-order valence-corrected chi connectivity index (χ2v) is 6.17. The summed E-state index contributed by atoms with van der Waals surface area (Å²) >= 11 is 1.36. The molecule has 6 nitrogen and oxygen atoms in total. The van der Waals surface area contributed by atoms with Crippen LogP contribution in [0.25, 0.3) is 10.6 Å². The molecule has 2 aromatic heterocycles. The summed E-state index contributed by atoms with van der Waals surface area (Å²) in [6.45, 7) is 2.04. The van der Waals surface area contributed by atoms with Crippen LogP contribution < -0.4 is 5.32 Å². The third-order valence-corrected chi connectivity index (χ3v) is 4.35. The van der Waals surface area contributed by atoms with Gasteiger partial charge in [0.15, 0.2) is 5.69 Å². The van der Waals surface area contributed by atoms with Gasteiger partial charge in [0, 0.05) is 24.4 Å². The van der Waals surface area contributed by atoms with Gasteiger partial charge in [0.05, 0.1) is 18.5 Å². The van der Waals surface area contributed by atoms with Gasteiger partial charge in [0.1, 0.15) is 10.0 Å². The van der Waals surface area contributed by atoms with Crippen molar-refractivity contribution in [2.75, 3.05) is 11.9 Å². The van der Waals surface area contributed by atoms with Crippen molar-refractivity contribution in [3.8, 4) is 22.9 Å². The van der Waals surface area contributed by atoms with Crippen molar-refractivity contribution in [2.24, 2.45) is 7.05 Å². The van der Waals surface area contributed by atoms with E-state index in [9.17, 15) is 4.79 Å². The quantitative estimate of drug-likeness (QED) is 0.563. The highest BCUT2D eigenvalue weighted by Gasteiger charge is 2.21. The molecule has 0 aliphatic rings. The van der Waals surface area contributed by atoms with E-state index in [2.05, 4.69) is 21.3 Å². The summed E-state index contributed by atoms with van der Waals surface area (Å²) in [6.07, 6.45) is 8.95. The number of benzene rings is 1. The minimum Gasteiger partial charge on any atom is -0.461 e. The number of nitrogens with one attached hydrogen (secondary N) is 1. The standard InChI is InChI=1S/C18H16N4O2S/c1-4-12-7-6-8-13(9-12)16-21-15(18(23)24-5-2)17(25-16)20-14-10-19-22(3)11-14/h1,6-11,20H,5H2,2-3H3. The molecule has 3 rings (SSSR count). The molecular weight excluding hydrogens is 336 g/mol. The lowest BCUT2D eigenvalue weighted by atomic mass is 10.1. The maximum atomic E-state index is 12.3. The van der Waals surface area contributed by atoms with Gasteiger partial charge in [0.2, 0.25) is 0 Å². The molecule has 0 fully saturated rings. The molecule has 0 aliphatic heterocycles. The lowest BCUT2D eigenvalue weighted by Crippen LogP contribution is -2.07. The number of hydrogen-bond acceptors (Lipinski definition) is 6. The Bertz CT molecular complexity index is 952. The molecule has 0 atom stereocenters. The van der Waals surface area contributed by atoms with E-state index in [1.54, 1.807) is 17.8 Å². The summed E-state index contributed by atoms with van der Waals surface area (Å²) in [5.41, 5.74) is 2.62. The summed E-state index contributed by atoms with van der Waals surface area (Å²) in [5.74, 6) is 2.13. The highest BCUT2D eigenvalue weighted by Crippen LogP contribution is 2.34. The van der Waals surface area contributed by atoms with Crippen LogP contribution in [0, 0.1) is 12.3 Å². The molecule has 0 unspecified atom stereocenters. The smallest absolute Gasteiger partial charge is 0.360 e. The van der Waals surface area contributed by atoms with Crippen LogP contribution in [0.4, 0.5) is 10.7 Å². The fraction of sp³-hybridized carbons (Fsp3) is 0.167. The van der Waals surface area contributed by atoms with E-state index in [0.717, 1.165) is 16.8 Å². The largest absolute Gasteiger partial charge is 0.461 e. The molecule has 0 radical (unpaired) electrons. The van der Waals surface area contributed by atoms with Crippen LogP contribution in [0.2, 0.25) is 0 Å². The fourth-order valence-electron chi connectivity index (χ4n) is 2.23. The van der Waals surface area contributed by atoms with Gasteiger partial charge >= 0.3 is 5.97 Å². The summed E-state index contributed by atoms with van der Waals surface area (Å²) in [5, 5.41) is 8.59. The van der Waals surface area contributed by atoms with Gasteiger partial charge in [-0.3, -0.25) is 4.68 Å². The maximum absolute atomic E-state index is 12.3. The number of aryl methyl sites for hydroxylation is 1. The third kappa shape index (κ3) is 3.70. The van der Waals surface area contributed by atoms with Gasteiger partial charge in [-0.1, -0.05) is 29.4 Å². The lowest BCUT2D eigenvalue weighted by molar-refractivity contribution is 0.0521. The Morgan fingerprint density at radius 3 is 3.00 bits per heavy atom. The minimum atomic E-state index is -0.468. The van der Waals surface area contributed by atoms with Gasteiger partial charge in [-0.2, -0.15) is 5.10 Å². The first-order chi connectivity index (χ1) is 12.1. The van der Waals surface area contributed by atoms with Gasteiger partial charge < -0.3 is 10.1 Å². The molecule has 3 aromatic rings. The van der Waals surface area contributed by atoms with Crippen molar-refractivity contribution in [1.82, 2.24) is 14.8 Å². The second-order valence-electron chi connectivity index (χ2n) is 5.17. The molecule has 0 bridgehead atoms. The molecule has 2 heterocycles.